The Kier molecular flexibility index (Phi) is 9.26. The summed E-state index contributed by atoms with van der Waals surface area (Å²) in [6, 6.07) is 3.52. The molecule has 0 saturated heterocycles. The first-order valence-corrected chi connectivity index (χ1v) is 9.99. The number of carbonyl (C=O) groups is 4. The summed E-state index contributed by atoms with van der Waals surface area (Å²) < 4.78 is 18.0. The average molecular weight is 434 g/mol. The molecule has 0 spiro atoms. The van der Waals surface area contributed by atoms with Gasteiger partial charge in [0.15, 0.2) is 5.78 Å². The molecule has 0 radical (unpaired) electrons. The molecule has 2 atom stereocenters. The highest BCUT2D eigenvalue weighted by Gasteiger charge is 2.33. The fraction of sp³-hybridized carbons (Fsp3) is 0.476. The Morgan fingerprint density at radius 2 is 1.81 bits per heavy atom. The Balaban J connectivity index is 2.01. The van der Waals surface area contributed by atoms with Crippen LogP contribution >= 0.6 is 0 Å². The molecule has 0 heterocycles. The van der Waals surface area contributed by atoms with E-state index in [0.29, 0.717) is 11.8 Å². The van der Waals surface area contributed by atoms with E-state index in [-0.39, 0.29) is 37.8 Å². The molecule has 0 aliphatic heterocycles. The Bertz CT molecular complexity index is 810. The third-order valence-corrected chi connectivity index (χ3v) is 4.77. The number of nitrogens with one attached hydrogen (secondary N) is 4. The van der Waals surface area contributed by atoms with E-state index in [1.54, 1.807) is 0 Å². The van der Waals surface area contributed by atoms with Crippen LogP contribution in [-0.2, 0) is 30.5 Å². The predicted molar refractivity (Wildman–Crippen MR) is 110 cm³/mol. The maximum atomic E-state index is 13.0. The van der Waals surface area contributed by atoms with Crippen LogP contribution in [0.1, 0.15) is 31.2 Å². The van der Waals surface area contributed by atoms with Crippen LogP contribution in [0.2, 0.25) is 0 Å². The number of benzene rings is 1. The first-order valence-electron chi connectivity index (χ1n) is 9.99. The summed E-state index contributed by atoms with van der Waals surface area (Å²) in [4.78, 5) is 48.9. The van der Waals surface area contributed by atoms with E-state index in [2.05, 4.69) is 16.0 Å². The standard InChI is InChI=1S/C21H27FN4O5/c1-31-12-18(26-19(28)14-4-5-14)21(30)25-17(9-8-16(27)10-23)20(29)24-11-13-2-6-15(22)7-3-13/h2-3,6-7,10,14,17-18,23H,4-5,8-9,11-12H2,1H3,(H,24,29)(H,25,30)(H,26,28)/t17-,18-/m0/s1. The van der Waals surface area contributed by atoms with Gasteiger partial charge in [-0.3, -0.25) is 19.2 Å². The fourth-order valence-corrected chi connectivity index (χ4v) is 2.80. The second-order valence-corrected chi connectivity index (χ2v) is 7.35. The van der Waals surface area contributed by atoms with Gasteiger partial charge >= 0.3 is 0 Å². The molecule has 168 valence electrons. The molecule has 1 aromatic carbocycles. The van der Waals surface area contributed by atoms with Crippen LogP contribution in [0, 0.1) is 17.1 Å². The van der Waals surface area contributed by atoms with Gasteiger partial charge in [0.25, 0.3) is 0 Å². The molecule has 1 aliphatic rings. The molecule has 1 aromatic rings. The monoisotopic (exact) mass is 434 g/mol. The zero-order valence-corrected chi connectivity index (χ0v) is 17.3. The molecule has 9 nitrogen and oxygen atoms in total. The Labute approximate surface area is 179 Å². The quantitative estimate of drug-likeness (QED) is 0.335. The van der Waals surface area contributed by atoms with Crippen molar-refractivity contribution in [1.29, 1.82) is 5.41 Å². The average Bonchev–Trinajstić information content (AvgIpc) is 3.60. The summed E-state index contributed by atoms with van der Waals surface area (Å²) in [5.41, 5.74) is 0.657. The van der Waals surface area contributed by atoms with Crippen molar-refractivity contribution in [1.82, 2.24) is 16.0 Å². The third-order valence-electron chi connectivity index (χ3n) is 4.77. The fourth-order valence-electron chi connectivity index (χ4n) is 2.80. The van der Waals surface area contributed by atoms with Gasteiger partial charge in [0.05, 0.1) is 12.8 Å². The Morgan fingerprint density at radius 3 is 2.39 bits per heavy atom. The number of rotatable bonds is 13. The lowest BCUT2D eigenvalue weighted by Gasteiger charge is -2.22. The maximum Gasteiger partial charge on any atom is 0.245 e. The van der Waals surface area contributed by atoms with Crippen LogP contribution in [0.5, 0.6) is 0 Å². The van der Waals surface area contributed by atoms with Crippen LogP contribution in [0.4, 0.5) is 4.39 Å². The summed E-state index contributed by atoms with van der Waals surface area (Å²) in [5.74, 6) is -2.38. The molecule has 1 aliphatic carbocycles. The van der Waals surface area contributed by atoms with E-state index in [1.165, 1.54) is 31.4 Å². The van der Waals surface area contributed by atoms with Crippen molar-refractivity contribution in [2.24, 2.45) is 5.92 Å². The number of ketones is 1. The van der Waals surface area contributed by atoms with Crippen LogP contribution in [-0.4, -0.2) is 55.5 Å². The lowest BCUT2D eigenvalue weighted by molar-refractivity contribution is -0.133. The summed E-state index contributed by atoms with van der Waals surface area (Å²) >= 11 is 0. The SMILES string of the molecule is COC[C@H](NC(=O)C1CC1)C(=O)N[C@@H](CCC(=O)C=N)C(=O)NCc1ccc(F)cc1. The minimum atomic E-state index is -1.06. The molecule has 10 heteroatoms. The number of Topliss-reactive ketones (excluding diaryl/α,β-unsaturated/α-hetero) is 1. The Morgan fingerprint density at radius 1 is 1.13 bits per heavy atom. The second kappa shape index (κ2) is 11.9. The smallest absolute Gasteiger partial charge is 0.245 e. The number of ether oxygens (including phenoxy) is 1. The lowest BCUT2D eigenvalue weighted by atomic mass is 10.1. The van der Waals surface area contributed by atoms with Crippen LogP contribution < -0.4 is 16.0 Å². The maximum absolute atomic E-state index is 13.0. The third kappa shape index (κ3) is 8.25. The summed E-state index contributed by atoms with van der Waals surface area (Å²) in [6.45, 7) is 0.0254. The van der Waals surface area contributed by atoms with Gasteiger partial charge in [0, 0.05) is 26.0 Å². The number of carbonyl (C=O) groups excluding carboxylic acids is 4. The van der Waals surface area contributed by atoms with Crippen molar-refractivity contribution in [2.45, 2.75) is 44.3 Å². The molecule has 1 saturated carbocycles. The molecule has 31 heavy (non-hydrogen) atoms. The molecule has 4 N–H and O–H groups in total. The normalized spacial score (nSPS) is 14.8. The van der Waals surface area contributed by atoms with Gasteiger partial charge in [-0.05, 0) is 37.0 Å². The zero-order valence-electron chi connectivity index (χ0n) is 17.3. The van der Waals surface area contributed by atoms with Gasteiger partial charge < -0.3 is 26.1 Å². The highest BCUT2D eigenvalue weighted by atomic mass is 19.1. The van der Waals surface area contributed by atoms with Gasteiger partial charge in [-0.15, -0.1) is 0 Å². The van der Waals surface area contributed by atoms with Crippen LogP contribution in [0.15, 0.2) is 24.3 Å². The number of amides is 3. The lowest BCUT2D eigenvalue weighted by Crippen LogP contribution is -2.55. The van der Waals surface area contributed by atoms with Crippen molar-refractivity contribution in [3.63, 3.8) is 0 Å². The topological polar surface area (TPSA) is 137 Å². The van der Waals surface area contributed by atoms with Crippen molar-refractivity contribution < 1.29 is 28.3 Å². The molecule has 3 amide bonds. The Hall–Kier alpha value is -3.14. The number of hydrogen-bond donors (Lipinski definition) is 4. The van der Waals surface area contributed by atoms with E-state index < -0.39 is 35.5 Å². The largest absolute Gasteiger partial charge is 0.382 e. The van der Waals surface area contributed by atoms with Crippen molar-refractivity contribution in [2.75, 3.05) is 13.7 Å². The highest BCUT2D eigenvalue weighted by molar-refractivity contribution is 6.26. The van der Waals surface area contributed by atoms with E-state index in [4.69, 9.17) is 10.1 Å². The van der Waals surface area contributed by atoms with Gasteiger partial charge in [-0.1, -0.05) is 12.1 Å². The van der Waals surface area contributed by atoms with Gasteiger partial charge in [-0.25, -0.2) is 4.39 Å². The number of halogens is 1. The second-order valence-electron chi connectivity index (χ2n) is 7.35. The minimum absolute atomic E-state index is 0.0223. The van der Waals surface area contributed by atoms with Crippen molar-refractivity contribution in [3.8, 4) is 0 Å². The van der Waals surface area contributed by atoms with E-state index in [9.17, 15) is 23.6 Å². The summed E-state index contributed by atoms with van der Waals surface area (Å²) in [5, 5.41) is 14.8. The molecular weight excluding hydrogens is 407 g/mol. The first kappa shape index (κ1) is 24.1. The van der Waals surface area contributed by atoms with Crippen LogP contribution in [0.25, 0.3) is 0 Å². The van der Waals surface area contributed by atoms with Gasteiger partial charge in [0.1, 0.15) is 17.9 Å². The van der Waals surface area contributed by atoms with Crippen LogP contribution in [0.3, 0.4) is 0 Å². The predicted octanol–water partition coefficient (Wildman–Crippen LogP) is 0.467. The molecule has 0 unspecified atom stereocenters. The molecule has 1 fully saturated rings. The highest BCUT2D eigenvalue weighted by Crippen LogP contribution is 2.28. The zero-order chi connectivity index (χ0) is 22.8. The van der Waals surface area contributed by atoms with Crippen molar-refractivity contribution >= 4 is 29.7 Å². The molecule has 0 aromatic heterocycles. The van der Waals surface area contributed by atoms with E-state index in [0.717, 1.165) is 12.8 Å². The minimum Gasteiger partial charge on any atom is -0.382 e. The van der Waals surface area contributed by atoms with Gasteiger partial charge in [0.2, 0.25) is 17.7 Å². The van der Waals surface area contributed by atoms with Crippen molar-refractivity contribution in [3.05, 3.63) is 35.6 Å². The molecule has 2 rings (SSSR count). The molecular formula is C21H27FN4O5. The number of methoxy groups -OCH3 is 1. The summed E-state index contributed by atoms with van der Waals surface area (Å²) in [7, 11) is 1.39. The van der Waals surface area contributed by atoms with E-state index in [1.807, 2.05) is 0 Å². The number of hydrogen-bond acceptors (Lipinski definition) is 6. The molecule has 0 bridgehead atoms. The first-order chi connectivity index (χ1) is 14.8. The van der Waals surface area contributed by atoms with Gasteiger partial charge in [-0.2, -0.15) is 0 Å². The van der Waals surface area contributed by atoms with E-state index >= 15 is 0 Å². The summed E-state index contributed by atoms with van der Waals surface area (Å²) in [6.07, 6.45) is 2.06.